The van der Waals surface area contributed by atoms with Crippen molar-refractivity contribution < 1.29 is 9.84 Å². The fraction of sp³-hybridized carbons (Fsp3) is 0.455. The highest BCUT2D eigenvalue weighted by atomic mass is 16.5. The topological polar surface area (TPSA) is 32.7 Å². The molecular weight excluding hydrogens is 310 g/mol. The molecule has 0 aromatic heterocycles. The summed E-state index contributed by atoms with van der Waals surface area (Å²) in [5.74, 6) is 0.796. The zero-order chi connectivity index (χ0) is 17.9. The monoisotopic (exact) mass is 339 g/mol. The van der Waals surface area contributed by atoms with E-state index in [9.17, 15) is 5.11 Å². The van der Waals surface area contributed by atoms with Crippen LogP contribution in [0.15, 0.2) is 54.6 Å². The molecule has 3 heteroatoms. The first-order chi connectivity index (χ1) is 12.0. The average Bonchev–Trinajstić information content (AvgIpc) is 2.65. The van der Waals surface area contributed by atoms with Gasteiger partial charge in [0, 0.05) is 6.54 Å². The fourth-order valence-electron chi connectivity index (χ4n) is 4.20. The number of hydrogen-bond donors (Lipinski definition) is 1. The number of hydrogen-bond acceptors (Lipinski definition) is 3. The van der Waals surface area contributed by atoms with Gasteiger partial charge in [-0.15, -0.1) is 0 Å². The third-order valence-electron chi connectivity index (χ3n) is 6.00. The van der Waals surface area contributed by atoms with Gasteiger partial charge in [-0.05, 0) is 50.1 Å². The van der Waals surface area contributed by atoms with Crippen LogP contribution in [0.4, 0.5) is 0 Å². The van der Waals surface area contributed by atoms with E-state index >= 15 is 0 Å². The van der Waals surface area contributed by atoms with Gasteiger partial charge in [-0.3, -0.25) is 4.90 Å². The molecule has 2 unspecified atom stereocenters. The lowest BCUT2D eigenvalue weighted by Crippen LogP contribution is -2.60. The van der Waals surface area contributed by atoms with Gasteiger partial charge in [0.2, 0.25) is 0 Å². The Morgan fingerprint density at radius 2 is 1.76 bits per heavy atom. The van der Waals surface area contributed by atoms with E-state index in [0.29, 0.717) is 0 Å². The minimum absolute atomic E-state index is 0.326. The molecular formula is C22H29NO2. The summed E-state index contributed by atoms with van der Waals surface area (Å²) in [4.78, 5) is 2.32. The number of aliphatic hydroxyl groups is 1. The van der Waals surface area contributed by atoms with Gasteiger partial charge in [-0.25, -0.2) is 0 Å². The number of nitrogens with zero attached hydrogens (tertiary/aromatic N) is 1. The summed E-state index contributed by atoms with van der Waals surface area (Å²) >= 11 is 0. The Morgan fingerprint density at radius 1 is 1.04 bits per heavy atom. The molecule has 0 bridgehead atoms. The Hall–Kier alpha value is -1.84. The highest BCUT2D eigenvalue weighted by Gasteiger charge is 2.52. The summed E-state index contributed by atoms with van der Waals surface area (Å²) in [6, 6.07) is 18.4. The van der Waals surface area contributed by atoms with Crippen molar-refractivity contribution in [1.29, 1.82) is 0 Å². The van der Waals surface area contributed by atoms with E-state index in [1.165, 1.54) is 5.56 Å². The smallest absolute Gasteiger partial charge is 0.119 e. The molecule has 1 fully saturated rings. The lowest BCUT2D eigenvalue weighted by molar-refractivity contribution is -0.133. The molecule has 3 nitrogen and oxygen atoms in total. The van der Waals surface area contributed by atoms with Gasteiger partial charge in [0.1, 0.15) is 11.4 Å². The Morgan fingerprint density at radius 3 is 2.48 bits per heavy atom. The van der Waals surface area contributed by atoms with Crippen molar-refractivity contribution >= 4 is 0 Å². The van der Waals surface area contributed by atoms with Crippen LogP contribution in [0.25, 0.3) is 0 Å². The Bertz CT molecular complexity index is 702. The Balaban J connectivity index is 1.95. The molecule has 2 aromatic carbocycles. The van der Waals surface area contributed by atoms with Gasteiger partial charge in [0.25, 0.3) is 0 Å². The predicted octanol–water partition coefficient (Wildman–Crippen LogP) is 4.35. The lowest BCUT2D eigenvalue weighted by atomic mass is 9.66. The molecule has 2 aromatic rings. The second kappa shape index (κ2) is 7.19. The van der Waals surface area contributed by atoms with Crippen LogP contribution in [0.2, 0.25) is 0 Å². The minimum atomic E-state index is -0.886. The number of methoxy groups -OCH3 is 1. The van der Waals surface area contributed by atoms with Gasteiger partial charge in [0.05, 0.1) is 12.6 Å². The van der Waals surface area contributed by atoms with Crippen LogP contribution in [0.5, 0.6) is 5.75 Å². The van der Waals surface area contributed by atoms with Gasteiger partial charge >= 0.3 is 0 Å². The number of benzene rings is 2. The summed E-state index contributed by atoms with van der Waals surface area (Å²) in [6.45, 7) is 3.03. The van der Waals surface area contributed by atoms with E-state index < -0.39 is 5.60 Å². The van der Waals surface area contributed by atoms with Crippen LogP contribution in [0.1, 0.15) is 43.7 Å². The summed E-state index contributed by atoms with van der Waals surface area (Å²) in [7, 11) is 3.80. The number of rotatable bonds is 5. The average molecular weight is 339 g/mol. The molecule has 25 heavy (non-hydrogen) atoms. The molecule has 3 rings (SSSR count). The van der Waals surface area contributed by atoms with E-state index in [1.54, 1.807) is 7.11 Å². The lowest BCUT2D eigenvalue weighted by Gasteiger charge is -2.53. The van der Waals surface area contributed by atoms with Crippen molar-refractivity contribution in [3.05, 3.63) is 65.7 Å². The second-order valence-corrected chi connectivity index (χ2v) is 7.41. The maximum absolute atomic E-state index is 11.8. The SMILES string of the molecule is COc1cccc(C2(O)CCCCC2(C)N(C)Cc2ccccc2)c1. The highest BCUT2D eigenvalue weighted by Crippen LogP contribution is 2.48. The predicted molar refractivity (Wildman–Crippen MR) is 102 cm³/mol. The third kappa shape index (κ3) is 3.31. The molecule has 0 heterocycles. The first-order valence-electron chi connectivity index (χ1n) is 9.12. The molecule has 1 saturated carbocycles. The van der Waals surface area contributed by atoms with Crippen LogP contribution >= 0.6 is 0 Å². The Kier molecular flexibility index (Phi) is 5.16. The summed E-state index contributed by atoms with van der Waals surface area (Å²) in [5, 5.41) is 11.8. The van der Waals surface area contributed by atoms with Crippen molar-refractivity contribution in [3.63, 3.8) is 0 Å². The van der Waals surface area contributed by atoms with Crippen LogP contribution in [-0.2, 0) is 12.1 Å². The number of ether oxygens (including phenoxy) is 1. The first-order valence-corrected chi connectivity index (χ1v) is 9.12. The third-order valence-corrected chi connectivity index (χ3v) is 6.00. The van der Waals surface area contributed by atoms with Crippen LogP contribution in [0, 0.1) is 0 Å². The van der Waals surface area contributed by atoms with Crippen molar-refractivity contribution in [3.8, 4) is 5.75 Å². The minimum Gasteiger partial charge on any atom is -0.497 e. The molecule has 1 aliphatic rings. The van der Waals surface area contributed by atoms with E-state index in [-0.39, 0.29) is 5.54 Å². The van der Waals surface area contributed by atoms with Gasteiger partial charge in [-0.2, -0.15) is 0 Å². The normalized spacial score (nSPS) is 26.6. The molecule has 134 valence electrons. The molecule has 0 amide bonds. The number of likely N-dealkylation sites (N-methyl/N-ethyl adjacent to an activating group) is 1. The molecule has 1 N–H and O–H groups in total. The maximum atomic E-state index is 11.8. The molecule has 0 radical (unpaired) electrons. The van der Waals surface area contributed by atoms with E-state index in [0.717, 1.165) is 43.5 Å². The fourth-order valence-corrected chi connectivity index (χ4v) is 4.20. The standard InChI is InChI=1S/C22H29NO2/c1-21(23(2)17-18-10-5-4-6-11-18)14-7-8-15-22(21,24)19-12-9-13-20(16-19)25-3/h4-6,9-13,16,24H,7-8,14-15,17H2,1-3H3. The zero-order valence-electron chi connectivity index (χ0n) is 15.5. The quantitative estimate of drug-likeness (QED) is 0.879. The highest BCUT2D eigenvalue weighted by molar-refractivity contribution is 5.35. The molecule has 2 atom stereocenters. The molecule has 0 spiro atoms. The van der Waals surface area contributed by atoms with Gasteiger partial charge < -0.3 is 9.84 Å². The van der Waals surface area contributed by atoms with Crippen molar-refractivity contribution in [2.75, 3.05) is 14.2 Å². The van der Waals surface area contributed by atoms with Crippen molar-refractivity contribution in [1.82, 2.24) is 4.90 Å². The van der Waals surface area contributed by atoms with Crippen molar-refractivity contribution in [2.24, 2.45) is 0 Å². The van der Waals surface area contributed by atoms with Crippen molar-refractivity contribution in [2.45, 2.75) is 50.3 Å². The summed E-state index contributed by atoms with van der Waals surface area (Å²) in [5.41, 5.74) is 1.01. The van der Waals surface area contributed by atoms with Crippen LogP contribution < -0.4 is 4.74 Å². The Labute approximate surface area is 151 Å². The maximum Gasteiger partial charge on any atom is 0.119 e. The largest absolute Gasteiger partial charge is 0.497 e. The molecule has 0 aliphatic heterocycles. The summed E-state index contributed by atoms with van der Waals surface area (Å²) in [6.07, 6.45) is 3.93. The zero-order valence-corrected chi connectivity index (χ0v) is 15.5. The first kappa shape index (κ1) is 18.0. The second-order valence-electron chi connectivity index (χ2n) is 7.41. The van der Waals surface area contributed by atoms with E-state index in [4.69, 9.17) is 4.74 Å². The van der Waals surface area contributed by atoms with E-state index in [2.05, 4.69) is 43.1 Å². The van der Waals surface area contributed by atoms with Crippen LogP contribution in [0.3, 0.4) is 0 Å². The molecule has 0 saturated heterocycles. The molecule has 1 aliphatic carbocycles. The summed E-state index contributed by atoms with van der Waals surface area (Å²) < 4.78 is 5.39. The van der Waals surface area contributed by atoms with Gasteiger partial charge in [0.15, 0.2) is 0 Å². The van der Waals surface area contributed by atoms with Crippen LogP contribution in [-0.4, -0.2) is 29.7 Å². The van der Waals surface area contributed by atoms with E-state index in [1.807, 2.05) is 30.3 Å². The van der Waals surface area contributed by atoms with Gasteiger partial charge in [-0.1, -0.05) is 55.3 Å².